The van der Waals surface area contributed by atoms with Crippen molar-refractivity contribution in [3.63, 3.8) is 0 Å². The van der Waals surface area contributed by atoms with Gasteiger partial charge in [0.05, 0.1) is 35.6 Å². The van der Waals surface area contributed by atoms with Crippen LogP contribution >= 0.6 is 23.2 Å². The second-order valence-electron chi connectivity index (χ2n) is 4.94. The van der Waals surface area contributed by atoms with Gasteiger partial charge in [0.2, 0.25) is 11.8 Å². The summed E-state index contributed by atoms with van der Waals surface area (Å²) in [6.45, 7) is 0. The van der Waals surface area contributed by atoms with E-state index in [-0.39, 0.29) is 15.7 Å². The Morgan fingerprint density at radius 1 is 0.960 bits per heavy atom. The number of carbonyl (C=O) groups excluding carboxylic acids is 2. The molecule has 0 aliphatic heterocycles. The van der Waals surface area contributed by atoms with E-state index in [1.54, 1.807) is 36.4 Å². The number of amides is 2. The lowest BCUT2D eigenvalue weighted by molar-refractivity contribution is -0.123. The molecule has 0 bridgehead atoms. The Balaban J connectivity index is 2.04. The van der Waals surface area contributed by atoms with Gasteiger partial charge in [-0.05, 0) is 24.3 Å². The molecular formula is C17H16Cl2N2O4. The van der Waals surface area contributed by atoms with E-state index >= 15 is 0 Å². The van der Waals surface area contributed by atoms with Crippen molar-refractivity contribution in [1.29, 1.82) is 0 Å². The van der Waals surface area contributed by atoms with Crippen LogP contribution in [0, 0.1) is 0 Å². The van der Waals surface area contributed by atoms with E-state index in [0.717, 1.165) is 0 Å². The molecule has 132 valence electrons. The molecule has 0 spiro atoms. The van der Waals surface area contributed by atoms with Crippen molar-refractivity contribution in [3.8, 4) is 11.5 Å². The highest BCUT2D eigenvalue weighted by molar-refractivity contribution is 6.39. The molecule has 8 heteroatoms. The molecule has 25 heavy (non-hydrogen) atoms. The van der Waals surface area contributed by atoms with E-state index in [1.807, 2.05) is 0 Å². The van der Waals surface area contributed by atoms with Gasteiger partial charge in [-0.3, -0.25) is 9.59 Å². The number of rotatable bonds is 6. The van der Waals surface area contributed by atoms with Gasteiger partial charge in [0.15, 0.2) is 0 Å². The summed E-state index contributed by atoms with van der Waals surface area (Å²) in [5.74, 6) is -0.0753. The Labute approximate surface area is 155 Å². The predicted octanol–water partition coefficient (Wildman–Crippen LogP) is 3.98. The molecule has 0 saturated heterocycles. The van der Waals surface area contributed by atoms with Crippen LogP contribution in [0.4, 0.5) is 11.4 Å². The quantitative estimate of drug-likeness (QED) is 0.740. The molecule has 0 heterocycles. The number of nitrogens with one attached hydrogen (secondary N) is 2. The highest BCUT2D eigenvalue weighted by atomic mass is 35.5. The number of ether oxygens (including phenoxy) is 2. The van der Waals surface area contributed by atoms with Crippen molar-refractivity contribution in [2.24, 2.45) is 0 Å². The predicted molar refractivity (Wildman–Crippen MR) is 97.9 cm³/mol. The molecule has 2 aromatic carbocycles. The molecule has 0 aliphatic carbocycles. The highest BCUT2D eigenvalue weighted by Crippen LogP contribution is 2.30. The fraction of sp³-hybridized carbons (Fsp3) is 0.176. The number of benzene rings is 2. The SMILES string of the molecule is COc1ccc(OC)c(NC(=O)CC(=O)Nc2c(Cl)cccc2Cl)c1. The van der Waals surface area contributed by atoms with Crippen LogP contribution in [-0.2, 0) is 9.59 Å². The van der Waals surface area contributed by atoms with Crippen molar-refractivity contribution in [2.45, 2.75) is 6.42 Å². The van der Waals surface area contributed by atoms with Crippen molar-refractivity contribution < 1.29 is 19.1 Å². The van der Waals surface area contributed by atoms with Crippen LogP contribution in [0.3, 0.4) is 0 Å². The maximum absolute atomic E-state index is 12.1. The van der Waals surface area contributed by atoms with E-state index in [0.29, 0.717) is 17.2 Å². The van der Waals surface area contributed by atoms with E-state index in [4.69, 9.17) is 32.7 Å². The van der Waals surface area contributed by atoms with Gasteiger partial charge in [-0.2, -0.15) is 0 Å². The van der Waals surface area contributed by atoms with Crippen LogP contribution in [0.1, 0.15) is 6.42 Å². The maximum Gasteiger partial charge on any atom is 0.233 e. The third kappa shape index (κ3) is 5.01. The molecule has 2 amide bonds. The number of hydrogen-bond acceptors (Lipinski definition) is 4. The molecule has 2 aromatic rings. The van der Waals surface area contributed by atoms with Crippen LogP contribution in [0.25, 0.3) is 0 Å². The summed E-state index contributed by atoms with van der Waals surface area (Å²) >= 11 is 12.0. The van der Waals surface area contributed by atoms with E-state index in [2.05, 4.69) is 10.6 Å². The molecule has 0 radical (unpaired) electrons. The lowest BCUT2D eigenvalue weighted by atomic mass is 10.2. The third-order valence-electron chi connectivity index (χ3n) is 3.23. The molecule has 0 aromatic heterocycles. The number of carbonyl (C=O) groups is 2. The average molecular weight is 383 g/mol. The Morgan fingerprint density at radius 2 is 1.60 bits per heavy atom. The lowest BCUT2D eigenvalue weighted by Crippen LogP contribution is -2.22. The molecule has 0 fully saturated rings. The van der Waals surface area contributed by atoms with Crippen LogP contribution in [0.15, 0.2) is 36.4 Å². The van der Waals surface area contributed by atoms with E-state index < -0.39 is 18.2 Å². The number of halogens is 2. The van der Waals surface area contributed by atoms with Crippen LogP contribution in [0.2, 0.25) is 10.0 Å². The van der Waals surface area contributed by atoms with Gasteiger partial charge in [0, 0.05) is 6.07 Å². The molecule has 0 atom stereocenters. The van der Waals surface area contributed by atoms with Gasteiger partial charge < -0.3 is 20.1 Å². The molecule has 0 saturated carbocycles. The van der Waals surface area contributed by atoms with Gasteiger partial charge in [-0.15, -0.1) is 0 Å². The van der Waals surface area contributed by atoms with Crippen molar-refractivity contribution >= 4 is 46.4 Å². The van der Waals surface area contributed by atoms with Gasteiger partial charge >= 0.3 is 0 Å². The number of hydrogen-bond donors (Lipinski definition) is 2. The zero-order valence-electron chi connectivity index (χ0n) is 13.6. The summed E-state index contributed by atoms with van der Waals surface area (Å²) in [5, 5.41) is 5.71. The van der Waals surface area contributed by atoms with Gasteiger partial charge in [-0.1, -0.05) is 29.3 Å². The maximum atomic E-state index is 12.1. The van der Waals surface area contributed by atoms with Crippen molar-refractivity contribution in [2.75, 3.05) is 24.9 Å². The summed E-state index contributed by atoms with van der Waals surface area (Å²) in [4.78, 5) is 24.2. The Morgan fingerprint density at radius 3 is 2.20 bits per heavy atom. The largest absolute Gasteiger partial charge is 0.497 e. The Kier molecular flexibility index (Phi) is 6.50. The second kappa shape index (κ2) is 8.60. The molecule has 0 unspecified atom stereocenters. The number of para-hydroxylation sites is 1. The van der Waals surface area contributed by atoms with Gasteiger partial charge in [-0.25, -0.2) is 0 Å². The summed E-state index contributed by atoms with van der Waals surface area (Å²) in [6.07, 6.45) is -0.415. The lowest BCUT2D eigenvalue weighted by Gasteiger charge is -2.12. The average Bonchev–Trinajstić information content (AvgIpc) is 2.58. The monoisotopic (exact) mass is 382 g/mol. The van der Waals surface area contributed by atoms with E-state index in [9.17, 15) is 9.59 Å². The summed E-state index contributed by atoms with van der Waals surface area (Å²) < 4.78 is 10.3. The summed E-state index contributed by atoms with van der Waals surface area (Å²) in [6, 6.07) is 9.77. The fourth-order valence-corrected chi connectivity index (χ4v) is 2.54. The molecule has 2 rings (SSSR count). The molecule has 0 aliphatic rings. The van der Waals surface area contributed by atoms with Gasteiger partial charge in [0.25, 0.3) is 0 Å². The number of methoxy groups -OCH3 is 2. The second-order valence-corrected chi connectivity index (χ2v) is 5.75. The van der Waals surface area contributed by atoms with Crippen LogP contribution in [0.5, 0.6) is 11.5 Å². The molecule has 6 nitrogen and oxygen atoms in total. The van der Waals surface area contributed by atoms with E-state index in [1.165, 1.54) is 14.2 Å². The van der Waals surface area contributed by atoms with Crippen molar-refractivity contribution in [3.05, 3.63) is 46.4 Å². The standard InChI is InChI=1S/C17H16Cl2N2O4/c1-24-10-6-7-14(25-2)13(8-10)20-15(22)9-16(23)21-17-11(18)4-3-5-12(17)19/h3-8H,9H2,1-2H3,(H,20,22)(H,21,23). The topological polar surface area (TPSA) is 76.7 Å². The minimum Gasteiger partial charge on any atom is -0.497 e. The van der Waals surface area contributed by atoms with Crippen LogP contribution in [-0.4, -0.2) is 26.0 Å². The first-order chi connectivity index (χ1) is 11.9. The Hall–Kier alpha value is -2.44. The normalized spacial score (nSPS) is 10.1. The minimum absolute atomic E-state index is 0.266. The minimum atomic E-state index is -0.547. The fourth-order valence-electron chi connectivity index (χ4n) is 2.05. The zero-order chi connectivity index (χ0) is 18.4. The summed E-state index contributed by atoms with van der Waals surface area (Å²) in [7, 11) is 2.98. The summed E-state index contributed by atoms with van der Waals surface area (Å²) in [5.41, 5.74) is 0.665. The first-order valence-electron chi connectivity index (χ1n) is 7.20. The van der Waals surface area contributed by atoms with Crippen LogP contribution < -0.4 is 20.1 Å². The van der Waals surface area contributed by atoms with Crippen molar-refractivity contribution in [1.82, 2.24) is 0 Å². The first kappa shape index (κ1) is 18.9. The first-order valence-corrected chi connectivity index (χ1v) is 7.96. The highest BCUT2D eigenvalue weighted by Gasteiger charge is 2.15. The zero-order valence-corrected chi connectivity index (χ0v) is 15.1. The molecule has 2 N–H and O–H groups in total. The Bertz CT molecular complexity index is 776. The smallest absolute Gasteiger partial charge is 0.233 e. The van der Waals surface area contributed by atoms with Gasteiger partial charge in [0.1, 0.15) is 17.9 Å². The third-order valence-corrected chi connectivity index (χ3v) is 3.86. The number of anilines is 2. The molecular weight excluding hydrogens is 367 g/mol.